The van der Waals surface area contributed by atoms with Crippen LogP contribution in [0.5, 0.6) is 11.5 Å². The second-order valence-corrected chi connectivity index (χ2v) is 8.81. The summed E-state index contributed by atoms with van der Waals surface area (Å²) >= 11 is 6.59. The Hall–Kier alpha value is -3.87. The van der Waals surface area contributed by atoms with E-state index >= 15 is 0 Å². The Morgan fingerprint density at radius 3 is 2.08 bits per heavy atom. The molecule has 0 heterocycles. The lowest BCUT2D eigenvalue weighted by Crippen LogP contribution is -2.30. The number of phenols is 1. The van der Waals surface area contributed by atoms with Crippen molar-refractivity contribution in [2.75, 3.05) is 6.61 Å². The maximum atomic E-state index is 12.5. The molecule has 4 aromatic rings. The third-order valence-electron chi connectivity index (χ3n) is 6.05. The summed E-state index contributed by atoms with van der Waals surface area (Å²) in [6.07, 6.45) is 1.60. The predicted octanol–water partition coefficient (Wildman–Crippen LogP) is 7.08. The van der Waals surface area contributed by atoms with E-state index in [4.69, 9.17) is 16.3 Å². The van der Waals surface area contributed by atoms with Gasteiger partial charge < -0.3 is 14.9 Å². The van der Waals surface area contributed by atoms with Crippen molar-refractivity contribution in [1.29, 1.82) is 0 Å². The van der Waals surface area contributed by atoms with E-state index in [-0.39, 0.29) is 38.9 Å². The van der Waals surface area contributed by atoms with Gasteiger partial charge in [0.25, 0.3) is 5.69 Å². The molecule has 4 rings (SSSR count). The zero-order valence-corrected chi connectivity index (χ0v) is 20.5. The van der Waals surface area contributed by atoms with Crippen molar-refractivity contribution in [1.82, 2.24) is 0 Å². The van der Waals surface area contributed by atoms with Crippen molar-refractivity contribution in [3.8, 4) is 22.6 Å². The van der Waals surface area contributed by atoms with Gasteiger partial charge >= 0.3 is 0 Å². The molecule has 0 saturated carbocycles. The first-order valence-electron chi connectivity index (χ1n) is 11.6. The zero-order valence-electron chi connectivity index (χ0n) is 19.7. The van der Waals surface area contributed by atoms with Gasteiger partial charge in [-0.1, -0.05) is 91.7 Å². The van der Waals surface area contributed by atoms with Gasteiger partial charge in [-0.15, -0.1) is 0 Å². The largest absolute Gasteiger partial charge is 0.508 e. The molecule has 2 N–H and O–H groups in total. The monoisotopic (exact) mass is 503 g/mol. The molecule has 0 unspecified atom stereocenters. The first kappa shape index (κ1) is 25.2. The summed E-state index contributed by atoms with van der Waals surface area (Å²) in [5.74, 6) is 0.0418. The molecule has 184 valence electrons. The fraction of sp³-hybridized carbons (Fsp3) is 0.172. The van der Waals surface area contributed by atoms with E-state index in [1.165, 1.54) is 24.3 Å². The summed E-state index contributed by atoms with van der Waals surface area (Å²) in [5, 5.41) is 35.5. The minimum absolute atomic E-state index is 0.107. The number of hydrogen-bond donors (Lipinski definition) is 2. The lowest BCUT2D eigenvalue weighted by molar-refractivity contribution is -0.384. The number of nitrogens with zero attached hydrogens (tertiary/aromatic N) is 1. The molecule has 0 aliphatic rings. The molecule has 0 amide bonds. The zero-order chi connectivity index (χ0) is 25.7. The van der Waals surface area contributed by atoms with Gasteiger partial charge in [-0.05, 0) is 29.7 Å². The molecule has 0 aromatic heterocycles. The summed E-state index contributed by atoms with van der Waals surface area (Å²) in [5.41, 5.74) is -0.449. The maximum absolute atomic E-state index is 12.5. The molecular weight excluding hydrogens is 478 g/mol. The smallest absolute Gasteiger partial charge is 0.278 e. The van der Waals surface area contributed by atoms with Crippen LogP contribution < -0.4 is 4.74 Å². The average Bonchev–Trinajstić information content (AvgIpc) is 2.89. The number of aromatic hydroxyl groups is 1. The van der Waals surface area contributed by atoms with Crippen molar-refractivity contribution in [3.05, 3.63) is 123 Å². The van der Waals surface area contributed by atoms with Gasteiger partial charge in [0.15, 0.2) is 0 Å². The molecule has 0 saturated heterocycles. The predicted molar refractivity (Wildman–Crippen MR) is 141 cm³/mol. The first-order chi connectivity index (χ1) is 17.4. The molecule has 0 aliphatic heterocycles. The van der Waals surface area contributed by atoms with Crippen LogP contribution >= 0.6 is 11.6 Å². The molecule has 0 radical (unpaired) electrons. The SMILES string of the molecule is CCCCOc1cc(O)cc(C(O)(c2ccccc2)c2ccccc2)c1-c1c(Cl)cccc1[N+](=O)[O-]. The lowest BCUT2D eigenvalue weighted by atomic mass is 9.76. The Labute approximate surface area is 214 Å². The molecule has 0 fully saturated rings. The fourth-order valence-electron chi connectivity index (χ4n) is 4.33. The minimum atomic E-state index is -1.80. The molecule has 0 aliphatic carbocycles. The molecule has 36 heavy (non-hydrogen) atoms. The molecule has 7 heteroatoms. The quantitative estimate of drug-likeness (QED) is 0.110. The number of nitro benzene ring substituents is 1. The second kappa shape index (κ2) is 10.8. The minimum Gasteiger partial charge on any atom is -0.508 e. The number of hydrogen-bond acceptors (Lipinski definition) is 5. The van der Waals surface area contributed by atoms with Crippen LogP contribution in [0, 0.1) is 10.1 Å². The third kappa shape index (κ3) is 4.78. The highest BCUT2D eigenvalue weighted by atomic mass is 35.5. The topological polar surface area (TPSA) is 92.8 Å². The van der Waals surface area contributed by atoms with Crippen LogP contribution in [-0.2, 0) is 5.60 Å². The van der Waals surface area contributed by atoms with E-state index < -0.39 is 10.5 Å². The van der Waals surface area contributed by atoms with Crippen molar-refractivity contribution in [3.63, 3.8) is 0 Å². The first-order valence-corrected chi connectivity index (χ1v) is 12.0. The standard InChI is InChI=1S/C29H26ClNO5/c1-2-3-17-36-26-19-22(32)18-23(27(26)28-24(30)15-10-16-25(28)31(34)35)29(33,20-11-6-4-7-12-20)21-13-8-5-9-14-21/h4-16,18-19,32-33H,2-3,17H2,1H3. The highest BCUT2D eigenvalue weighted by Gasteiger charge is 2.39. The number of halogens is 1. The van der Waals surface area contributed by atoms with Crippen molar-refractivity contribution in [2.45, 2.75) is 25.4 Å². The lowest BCUT2D eigenvalue weighted by Gasteiger charge is -2.33. The van der Waals surface area contributed by atoms with Crippen LogP contribution in [0.25, 0.3) is 11.1 Å². The van der Waals surface area contributed by atoms with Crippen molar-refractivity contribution < 1.29 is 19.9 Å². The van der Waals surface area contributed by atoms with Gasteiger partial charge in [0.1, 0.15) is 17.1 Å². The van der Waals surface area contributed by atoms with Crippen LogP contribution in [0.1, 0.15) is 36.5 Å². The van der Waals surface area contributed by atoms with E-state index in [0.29, 0.717) is 17.7 Å². The van der Waals surface area contributed by atoms with Gasteiger partial charge in [0, 0.05) is 23.3 Å². The van der Waals surface area contributed by atoms with Gasteiger partial charge in [0.05, 0.1) is 22.1 Å². The summed E-state index contributed by atoms with van der Waals surface area (Å²) in [6.45, 7) is 2.33. The van der Waals surface area contributed by atoms with E-state index in [1.54, 1.807) is 54.6 Å². The number of rotatable bonds is 9. The molecule has 0 spiro atoms. The number of unbranched alkanes of at least 4 members (excludes halogenated alkanes) is 1. The number of nitro groups is 1. The van der Waals surface area contributed by atoms with Crippen LogP contribution in [0.2, 0.25) is 5.02 Å². The third-order valence-corrected chi connectivity index (χ3v) is 6.37. The Morgan fingerprint density at radius 1 is 0.917 bits per heavy atom. The number of phenolic OH excluding ortho intramolecular Hbond substituents is 1. The Kier molecular flexibility index (Phi) is 7.58. The fourth-order valence-corrected chi connectivity index (χ4v) is 4.60. The van der Waals surface area contributed by atoms with Crippen LogP contribution in [0.4, 0.5) is 5.69 Å². The van der Waals surface area contributed by atoms with E-state index in [0.717, 1.165) is 12.8 Å². The van der Waals surface area contributed by atoms with Crippen LogP contribution in [0.15, 0.2) is 91.0 Å². The maximum Gasteiger partial charge on any atom is 0.278 e. The van der Waals surface area contributed by atoms with Crippen molar-refractivity contribution >= 4 is 17.3 Å². The van der Waals surface area contributed by atoms with Gasteiger partial charge in [-0.25, -0.2) is 0 Å². The Balaban J connectivity index is 2.14. The highest BCUT2D eigenvalue weighted by Crippen LogP contribution is 2.50. The Morgan fingerprint density at radius 2 is 1.53 bits per heavy atom. The number of benzene rings is 4. The average molecular weight is 504 g/mol. The summed E-state index contributed by atoms with van der Waals surface area (Å²) < 4.78 is 6.06. The summed E-state index contributed by atoms with van der Waals surface area (Å²) in [7, 11) is 0. The Bertz CT molecular complexity index is 1320. The van der Waals surface area contributed by atoms with Crippen LogP contribution in [-0.4, -0.2) is 21.7 Å². The van der Waals surface area contributed by atoms with Crippen molar-refractivity contribution in [2.24, 2.45) is 0 Å². The van der Waals surface area contributed by atoms with Crippen LogP contribution in [0.3, 0.4) is 0 Å². The highest BCUT2D eigenvalue weighted by molar-refractivity contribution is 6.34. The summed E-state index contributed by atoms with van der Waals surface area (Å²) in [6, 6.07) is 25.1. The molecule has 6 nitrogen and oxygen atoms in total. The van der Waals surface area contributed by atoms with Gasteiger partial charge in [-0.2, -0.15) is 0 Å². The van der Waals surface area contributed by atoms with E-state index in [2.05, 4.69) is 0 Å². The molecular formula is C29H26ClNO5. The number of ether oxygens (including phenoxy) is 1. The second-order valence-electron chi connectivity index (χ2n) is 8.40. The molecule has 0 bridgehead atoms. The normalized spacial score (nSPS) is 11.3. The number of aliphatic hydroxyl groups is 1. The van der Waals surface area contributed by atoms with E-state index in [1.807, 2.05) is 19.1 Å². The molecule has 4 aromatic carbocycles. The van der Waals surface area contributed by atoms with Gasteiger partial charge in [0.2, 0.25) is 0 Å². The summed E-state index contributed by atoms with van der Waals surface area (Å²) in [4.78, 5) is 11.6. The molecule has 0 atom stereocenters. The van der Waals surface area contributed by atoms with Gasteiger partial charge in [-0.3, -0.25) is 10.1 Å². The van der Waals surface area contributed by atoms with E-state index in [9.17, 15) is 20.3 Å².